The average molecular weight is 516 g/mol. The van der Waals surface area contributed by atoms with Crippen LogP contribution in [0.2, 0.25) is 0 Å². The quantitative estimate of drug-likeness (QED) is 0.479. The molecule has 0 aliphatic carbocycles. The van der Waals surface area contributed by atoms with E-state index in [0.29, 0.717) is 27.6 Å². The molecule has 0 saturated carbocycles. The molecule has 0 radical (unpaired) electrons. The van der Waals surface area contributed by atoms with E-state index in [4.69, 9.17) is 9.15 Å². The summed E-state index contributed by atoms with van der Waals surface area (Å²) < 4.78 is 38.5. The van der Waals surface area contributed by atoms with Crippen molar-refractivity contribution in [2.24, 2.45) is 0 Å². The first-order valence-corrected chi connectivity index (χ1v) is 12.5. The van der Waals surface area contributed by atoms with Gasteiger partial charge in [-0.05, 0) is 48.7 Å². The smallest absolute Gasteiger partial charge is 0.414 e. The highest BCUT2D eigenvalue weighted by Crippen LogP contribution is 2.29. The normalized spacial score (nSPS) is 11.4. The Labute approximate surface area is 209 Å². The molecule has 2 aromatic carbocycles. The summed E-state index contributed by atoms with van der Waals surface area (Å²) in [6.07, 6.45) is -0.413. The predicted molar refractivity (Wildman–Crippen MR) is 135 cm³/mol. The molecule has 0 spiro atoms. The van der Waals surface area contributed by atoms with Gasteiger partial charge in [0.1, 0.15) is 11.3 Å². The third kappa shape index (κ3) is 5.92. The van der Waals surface area contributed by atoms with Gasteiger partial charge in [-0.25, -0.2) is 22.7 Å². The van der Waals surface area contributed by atoms with Gasteiger partial charge in [0.25, 0.3) is 0 Å². The Kier molecular flexibility index (Phi) is 7.85. The average Bonchev–Trinajstić information content (AvgIpc) is 2.81. The summed E-state index contributed by atoms with van der Waals surface area (Å²) in [5.74, 6) is -0.0938. The van der Waals surface area contributed by atoms with E-state index >= 15 is 0 Å². The lowest BCUT2D eigenvalue weighted by atomic mass is 9.98. The molecular formula is C25H29N3O7S. The highest BCUT2D eigenvalue weighted by Gasteiger charge is 2.19. The summed E-state index contributed by atoms with van der Waals surface area (Å²) in [4.78, 5) is 39.1. The zero-order valence-electron chi connectivity index (χ0n) is 21.0. The van der Waals surface area contributed by atoms with Gasteiger partial charge in [0.15, 0.2) is 0 Å². The van der Waals surface area contributed by atoms with Crippen molar-refractivity contribution >= 4 is 33.0 Å². The number of sulfonamides is 1. The number of hydrogen-bond donors (Lipinski definition) is 1. The Hall–Kier alpha value is -3.70. The number of carbonyl (C=O) groups is 2. The lowest BCUT2D eigenvalue weighted by molar-refractivity contribution is -0.127. The fourth-order valence-corrected chi connectivity index (χ4v) is 4.49. The molecule has 0 saturated heterocycles. The fraction of sp³-hybridized carbons (Fsp3) is 0.320. The van der Waals surface area contributed by atoms with Gasteiger partial charge in [0.05, 0.1) is 11.4 Å². The molecule has 1 N–H and O–H groups in total. The molecule has 192 valence electrons. The molecule has 36 heavy (non-hydrogen) atoms. The SMILES string of the molecule is Cc1cc2c(C)c(Cc3cccc(S(=O)(=O)NCC(=O)N(C)C)c3)c(=O)oc2cc1OC(=O)N(C)C. The summed E-state index contributed by atoms with van der Waals surface area (Å²) in [5.41, 5.74) is 2.03. The molecule has 0 atom stereocenters. The fourth-order valence-electron chi connectivity index (χ4n) is 3.45. The molecule has 0 aliphatic heterocycles. The predicted octanol–water partition coefficient (Wildman–Crippen LogP) is 2.43. The molecule has 10 nitrogen and oxygen atoms in total. The van der Waals surface area contributed by atoms with Crippen molar-refractivity contribution in [3.8, 4) is 5.75 Å². The lowest BCUT2D eigenvalue weighted by Crippen LogP contribution is -2.36. The summed E-state index contributed by atoms with van der Waals surface area (Å²) in [5, 5.41) is 0.680. The van der Waals surface area contributed by atoms with Gasteiger partial charge < -0.3 is 19.0 Å². The van der Waals surface area contributed by atoms with Crippen molar-refractivity contribution in [1.29, 1.82) is 0 Å². The summed E-state index contributed by atoms with van der Waals surface area (Å²) in [6, 6.07) is 9.45. The van der Waals surface area contributed by atoms with Gasteiger partial charge in [-0.2, -0.15) is 0 Å². The molecule has 0 aliphatic rings. The van der Waals surface area contributed by atoms with E-state index in [2.05, 4.69) is 4.72 Å². The van der Waals surface area contributed by atoms with Gasteiger partial charge in [-0.15, -0.1) is 0 Å². The van der Waals surface area contributed by atoms with Crippen molar-refractivity contribution in [2.75, 3.05) is 34.7 Å². The van der Waals surface area contributed by atoms with E-state index in [1.165, 1.54) is 42.1 Å². The highest BCUT2D eigenvalue weighted by molar-refractivity contribution is 7.89. The highest BCUT2D eigenvalue weighted by atomic mass is 32.2. The van der Waals surface area contributed by atoms with Gasteiger partial charge in [-0.3, -0.25) is 4.79 Å². The second kappa shape index (κ2) is 10.5. The first-order chi connectivity index (χ1) is 16.8. The number of benzene rings is 2. The molecule has 0 fully saturated rings. The molecule has 1 heterocycles. The van der Waals surface area contributed by atoms with Crippen LogP contribution in [0.15, 0.2) is 50.5 Å². The number of likely N-dealkylation sites (N-methyl/N-ethyl adjacent to an activating group) is 1. The van der Waals surface area contributed by atoms with Crippen LogP contribution in [-0.2, 0) is 21.2 Å². The van der Waals surface area contributed by atoms with E-state index in [1.54, 1.807) is 46.1 Å². The molecule has 11 heteroatoms. The maximum atomic E-state index is 12.9. The van der Waals surface area contributed by atoms with Gasteiger partial charge in [-0.1, -0.05) is 12.1 Å². The Morgan fingerprint density at radius 2 is 1.72 bits per heavy atom. The Balaban J connectivity index is 1.93. The second-order valence-corrected chi connectivity index (χ2v) is 10.6. The van der Waals surface area contributed by atoms with Crippen LogP contribution in [0.25, 0.3) is 11.0 Å². The number of nitrogens with zero attached hydrogens (tertiary/aromatic N) is 2. The first kappa shape index (κ1) is 26.9. The Bertz CT molecular complexity index is 1490. The van der Waals surface area contributed by atoms with Crippen LogP contribution < -0.4 is 15.1 Å². The van der Waals surface area contributed by atoms with Crippen LogP contribution in [0.1, 0.15) is 22.3 Å². The third-order valence-corrected chi connectivity index (χ3v) is 7.05. The van der Waals surface area contributed by atoms with E-state index in [0.717, 1.165) is 0 Å². The summed E-state index contributed by atoms with van der Waals surface area (Å²) in [7, 11) is 2.27. The molecule has 0 unspecified atom stereocenters. The van der Waals surface area contributed by atoms with Crippen molar-refractivity contribution in [1.82, 2.24) is 14.5 Å². The summed E-state index contributed by atoms with van der Waals surface area (Å²) in [6.45, 7) is 3.21. The first-order valence-electron chi connectivity index (χ1n) is 11.0. The minimum atomic E-state index is -3.93. The van der Waals surface area contributed by atoms with E-state index in [1.807, 2.05) is 0 Å². The minimum absolute atomic E-state index is 0.0161. The standard InChI is InChI=1S/C25H29N3O7S/c1-15-10-19-16(2)20(24(30)34-22(19)13-21(15)35-25(31)28(5)6)12-17-8-7-9-18(11-17)36(32,33)26-14-23(29)27(3)4/h7-11,13,26H,12,14H2,1-6H3. The number of rotatable bonds is 7. The molecule has 1 aromatic heterocycles. The number of amides is 2. The zero-order chi connectivity index (χ0) is 26.8. The maximum absolute atomic E-state index is 12.9. The number of hydrogen-bond acceptors (Lipinski definition) is 7. The van der Waals surface area contributed by atoms with Gasteiger partial charge >= 0.3 is 11.7 Å². The van der Waals surface area contributed by atoms with E-state index in [-0.39, 0.29) is 35.1 Å². The summed E-state index contributed by atoms with van der Waals surface area (Å²) >= 11 is 0. The largest absolute Gasteiger partial charge is 0.422 e. The third-order valence-electron chi connectivity index (χ3n) is 5.65. The van der Waals surface area contributed by atoms with Crippen LogP contribution in [0.3, 0.4) is 0 Å². The molecule has 3 rings (SSSR count). The van der Waals surface area contributed by atoms with Crippen LogP contribution in [-0.4, -0.2) is 65.0 Å². The van der Waals surface area contributed by atoms with Crippen LogP contribution >= 0.6 is 0 Å². The Morgan fingerprint density at radius 3 is 2.36 bits per heavy atom. The molecule has 0 bridgehead atoms. The van der Waals surface area contributed by atoms with E-state index < -0.39 is 21.7 Å². The molecule has 3 aromatic rings. The number of carbonyl (C=O) groups excluding carboxylic acids is 2. The maximum Gasteiger partial charge on any atom is 0.414 e. The van der Waals surface area contributed by atoms with Crippen LogP contribution in [0.4, 0.5) is 4.79 Å². The van der Waals surface area contributed by atoms with Crippen molar-refractivity contribution in [3.63, 3.8) is 0 Å². The van der Waals surface area contributed by atoms with Crippen LogP contribution in [0, 0.1) is 13.8 Å². The molecule has 2 amide bonds. The van der Waals surface area contributed by atoms with E-state index in [9.17, 15) is 22.8 Å². The number of ether oxygens (including phenoxy) is 1. The van der Waals surface area contributed by atoms with Crippen molar-refractivity contribution in [3.05, 3.63) is 69.1 Å². The van der Waals surface area contributed by atoms with Crippen molar-refractivity contribution in [2.45, 2.75) is 25.2 Å². The Morgan fingerprint density at radius 1 is 1.03 bits per heavy atom. The van der Waals surface area contributed by atoms with Crippen LogP contribution in [0.5, 0.6) is 5.75 Å². The van der Waals surface area contributed by atoms with Gasteiger partial charge in [0.2, 0.25) is 15.9 Å². The van der Waals surface area contributed by atoms with Crippen molar-refractivity contribution < 1.29 is 27.2 Å². The van der Waals surface area contributed by atoms with Gasteiger partial charge in [0, 0.05) is 51.6 Å². The molecular weight excluding hydrogens is 486 g/mol. The monoisotopic (exact) mass is 515 g/mol. The topological polar surface area (TPSA) is 126 Å². The number of nitrogens with one attached hydrogen (secondary N) is 1. The lowest BCUT2D eigenvalue weighted by Gasteiger charge is -2.14. The minimum Gasteiger partial charge on any atom is -0.422 e. The number of aryl methyl sites for hydroxylation is 2. The second-order valence-electron chi connectivity index (χ2n) is 8.81. The zero-order valence-corrected chi connectivity index (χ0v) is 21.9. The number of fused-ring (bicyclic) bond motifs is 1.